The monoisotopic (exact) mass is 337 g/mol. The second-order valence-electron chi connectivity index (χ2n) is 3.56. The SMILES string of the molecule is Nc1ccc(I)cc1-c1nnc2ccncn12. The van der Waals surface area contributed by atoms with Crippen LogP contribution in [-0.2, 0) is 0 Å². The molecule has 6 heteroatoms. The van der Waals surface area contributed by atoms with Gasteiger partial charge in [-0.3, -0.25) is 4.40 Å². The predicted octanol–water partition coefficient (Wildman–Crippen LogP) is 1.98. The molecular formula is C11H8IN5. The summed E-state index contributed by atoms with van der Waals surface area (Å²) in [5.74, 6) is 0.712. The minimum absolute atomic E-state index is 0.684. The molecule has 5 nitrogen and oxygen atoms in total. The third-order valence-corrected chi connectivity index (χ3v) is 3.14. The van der Waals surface area contributed by atoms with Crippen molar-refractivity contribution in [2.24, 2.45) is 0 Å². The van der Waals surface area contributed by atoms with Crippen LogP contribution in [0.15, 0.2) is 36.8 Å². The summed E-state index contributed by atoms with van der Waals surface area (Å²) in [6.07, 6.45) is 3.37. The van der Waals surface area contributed by atoms with Gasteiger partial charge in [-0.25, -0.2) is 4.98 Å². The highest BCUT2D eigenvalue weighted by molar-refractivity contribution is 14.1. The number of anilines is 1. The van der Waals surface area contributed by atoms with E-state index in [2.05, 4.69) is 37.8 Å². The van der Waals surface area contributed by atoms with Gasteiger partial charge in [-0.1, -0.05) is 0 Å². The summed E-state index contributed by atoms with van der Waals surface area (Å²) >= 11 is 2.24. The van der Waals surface area contributed by atoms with Crippen molar-refractivity contribution < 1.29 is 0 Å². The standard InChI is InChI=1S/C11H8IN5/c12-7-1-2-9(13)8(5-7)11-16-15-10-3-4-14-6-17(10)11/h1-6H,13H2. The van der Waals surface area contributed by atoms with Crippen molar-refractivity contribution in [1.29, 1.82) is 0 Å². The van der Waals surface area contributed by atoms with Crippen molar-refractivity contribution in [3.05, 3.63) is 40.4 Å². The lowest BCUT2D eigenvalue weighted by atomic mass is 10.2. The molecule has 3 rings (SSSR count). The van der Waals surface area contributed by atoms with Crippen LogP contribution < -0.4 is 5.73 Å². The number of benzene rings is 1. The van der Waals surface area contributed by atoms with Crippen LogP contribution in [-0.4, -0.2) is 19.6 Å². The fourth-order valence-electron chi connectivity index (χ4n) is 1.65. The molecule has 0 fully saturated rings. The van der Waals surface area contributed by atoms with Gasteiger partial charge in [0.2, 0.25) is 0 Å². The molecule has 0 amide bonds. The maximum atomic E-state index is 5.97. The summed E-state index contributed by atoms with van der Waals surface area (Å²) < 4.78 is 2.93. The number of aromatic nitrogens is 4. The summed E-state index contributed by atoms with van der Waals surface area (Å²) in [5.41, 5.74) is 8.28. The highest BCUT2D eigenvalue weighted by Gasteiger charge is 2.10. The van der Waals surface area contributed by atoms with Gasteiger partial charge in [-0.2, -0.15) is 0 Å². The first-order chi connectivity index (χ1) is 8.25. The minimum Gasteiger partial charge on any atom is -0.398 e. The number of nitrogens with two attached hydrogens (primary N) is 1. The van der Waals surface area contributed by atoms with Crippen molar-refractivity contribution >= 4 is 33.9 Å². The van der Waals surface area contributed by atoms with Crippen LogP contribution in [0, 0.1) is 3.57 Å². The minimum atomic E-state index is 0.684. The molecule has 17 heavy (non-hydrogen) atoms. The Labute approximate surface area is 111 Å². The van der Waals surface area contributed by atoms with Gasteiger partial charge in [0.1, 0.15) is 6.33 Å². The van der Waals surface area contributed by atoms with Gasteiger partial charge in [0.05, 0.1) is 0 Å². The summed E-state index contributed by atoms with van der Waals surface area (Å²) in [5, 5.41) is 8.24. The lowest BCUT2D eigenvalue weighted by molar-refractivity contribution is 1.08. The van der Waals surface area contributed by atoms with Gasteiger partial charge in [-0.05, 0) is 40.8 Å². The van der Waals surface area contributed by atoms with E-state index in [4.69, 9.17) is 5.73 Å². The van der Waals surface area contributed by atoms with Gasteiger partial charge in [0.25, 0.3) is 0 Å². The predicted molar refractivity (Wildman–Crippen MR) is 73.3 cm³/mol. The lowest BCUT2D eigenvalue weighted by Gasteiger charge is -2.04. The number of fused-ring (bicyclic) bond motifs is 1. The molecule has 2 aromatic heterocycles. The van der Waals surface area contributed by atoms with Crippen molar-refractivity contribution in [2.45, 2.75) is 0 Å². The molecule has 0 atom stereocenters. The average molecular weight is 337 g/mol. The normalized spacial score (nSPS) is 10.9. The molecule has 84 valence electrons. The van der Waals surface area contributed by atoms with Crippen LogP contribution in [0.3, 0.4) is 0 Å². The van der Waals surface area contributed by atoms with Crippen molar-refractivity contribution in [2.75, 3.05) is 5.73 Å². The number of hydrogen-bond donors (Lipinski definition) is 1. The highest BCUT2D eigenvalue weighted by Crippen LogP contribution is 2.26. The summed E-state index contributed by atoms with van der Waals surface area (Å²) in [6, 6.07) is 7.62. The van der Waals surface area contributed by atoms with Gasteiger partial charge >= 0.3 is 0 Å². The zero-order valence-corrected chi connectivity index (χ0v) is 10.9. The van der Waals surface area contributed by atoms with Crippen molar-refractivity contribution in [1.82, 2.24) is 19.6 Å². The molecule has 0 radical (unpaired) electrons. The second-order valence-corrected chi connectivity index (χ2v) is 4.81. The van der Waals surface area contributed by atoms with Crippen LogP contribution in [0.5, 0.6) is 0 Å². The van der Waals surface area contributed by atoms with E-state index in [-0.39, 0.29) is 0 Å². The van der Waals surface area contributed by atoms with E-state index in [0.717, 1.165) is 14.8 Å². The molecule has 0 aliphatic carbocycles. The van der Waals surface area contributed by atoms with Crippen LogP contribution in [0.2, 0.25) is 0 Å². The number of hydrogen-bond acceptors (Lipinski definition) is 4. The first kappa shape index (κ1) is 10.5. The number of rotatable bonds is 1. The number of nitrogen functional groups attached to an aromatic ring is 1. The molecule has 2 N–H and O–H groups in total. The molecule has 3 aromatic rings. The van der Waals surface area contributed by atoms with E-state index in [1.165, 1.54) is 0 Å². The van der Waals surface area contributed by atoms with Crippen molar-refractivity contribution in [3.8, 4) is 11.4 Å². The molecule has 0 aliphatic heterocycles. The fourth-order valence-corrected chi connectivity index (χ4v) is 2.14. The second kappa shape index (κ2) is 3.95. The first-order valence-electron chi connectivity index (χ1n) is 4.96. The maximum absolute atomic E-state index is 5.97. The Morgan fingerprint density at radius 3 is 2.94 bits per heavy atom. The Bertz CT molecular complexity index is 691. The van der Waals surface area contributed by atoms with E-state index in [0.29, 0.717) is 11.5 Å². The van der Waals surface area contributed by atoms with Gasteiger partial charge < -0.3 is 5.73 Å². The Kier molecular flexibility index (Phi) is 2.43. The first-order valence-corrected chi connectivity index (χ1v) is 6.04. The topological polar surface area (TPSA) is 69.1 Å². The van der Waals surface area contributed by atoms with Crippen LogP contribution in [0.1, 0.15) is 0 Å². The smallest absolute Gasteiger partial charge is 0.171 e. The van der Waals surface area contributed by atoms with E-state index >= 15 is 0 Å². The van der Waals surface area contributed by atoms with E-state index in [1.54, 1.807) is 18.6 Å². The van der Waals surface area contributed by atoms with E-state index in [1.807, 2.05) is 22.6 Å². The summed E-state index contributed by atoms with van der Waals surface area (Å²) in [4.78, 5) is 4.06. The molecule has 0 aliphatic rings. The lowest BCUT2D eigenvalue weighted by Crippen LogP contribution is -1.95. The molecule has 1 aromatic carbocycles. The summed E-state index contributed by atoms with van der Waals surface area (Å²) in [7, 11) is 0. The highest BCUT2D eigenvalue weighted by atomic mass is 127. The molecule has 0 bridgehead atoms. The molecule has 2 heterocycles. The third kappa shape index (κ3) is 1.74. The molecule has 0 unspecified atom stereocenters. The van der Waals surface area contributed by atoms with Crippen LogP contribution in [0.25, 0.3) is 17.0 Å². The van der Waals surface area contributed by atoms with E-state index < -0.39 is 0 Å². The Morgan fingerprint density at radius 2 is 2.06 bits per heavy atom. The maximum Gasteiger partial charge on any atom is 0.171 e. The largest absolute Gasteiger partial charge is 0.398 e. The molecule has 0 saturated carbocycles. The zero-order valence-electron chi connectivity index (χ0n) is 8.71. The molecule has 0 saturated heterocycles. The van der Waals surface area contributed by atoms with Gasteiger partial charge in [0, 0.05) is 27.1 Å². The quantitative estimate of drug-likeness (QED) is 0.545. The zero-order chi connectivity index (χ0) is 11.8. The Balaban J connectivity index is 2.31. The fraction of sp³-hybridized carbons (Fsp3) is 0. The van der Waals surface area contributed by atoms with Crippen LogP contribution >= 0.6 is 22.6 Å². The Hall–Kier alpha value is -1.70. The van der Waals surface area contributed by atoms with Gasteiger partial charge in [0.15, 0.2) is 11.5 Å². The Morgan fingerprint density at radius 1 is 1.18 bits per heavy atom. The van der Waals surface area contributed by atoms with Crippen LogP contribution in [0.4, 0.5) is 5.69 Å². The third-order valence-electron chi connectivity index (χ3n) is 2.47. The number of halogens is 1. The van der Waals surface area contributed by atoms with E-state index in [9.17, 15) is 0 Å². The number of nitrogens with zero attached hydrogens (tertiary/aromatic N) is 4. The molecular weight excluding hydrogens is 329 g/mol. The van der Waals surface area contributed by atoms with Gasteiger partial charge in [-0.15, -0.1) is 10.2 Å². The average Bonchev–Trinajstić information content (AvgIpc) is 2.76. The molecule has 0 spiro atoms. The van der Waals surface area contributed by atoms with Crippen molar-refractivity contribution in [3.63, 3.8) is 0 Å². The summed E-state index contributed by atoms with van der Waals surface area (Å²) in [6.45, 7) is 0.